The van der Waals surface area contributed by atoms with Crippen molar-refractivity contribution in [2.24, 2.45) is 5.73 Å². The zero-order valence-corrected chi connectivity index (χ0v) is 7.56. The fraction of sp³-hybridized carbons (Fsp3) is 0.500. The Hall–Kier alpha value is -1.36. The van der Waals surface area contributed by atoms with Gasteiger partial charge in [-0.1, -0.05) is 0 Å². The summed E-state index contributed by atoms with van der Waals surface area (Å²) in [5, 5.41) is 0. The number of aromatic nitrogens is 2. The van der Waals surface area contributed by atoms with E-state index in [4.69, 9.17) is 15.2 Å². The minimum absolute atomic E-state index is 0.302. The molecule has 0 amide bonds. The maximum Gasteiger partial charge on any atom is 0.319 e. The zero-order valence-electron chi connectivity index (χ0n) is 7.56. The Morgan fingerprint density at radius 3 is 3.00 bits per heavy atom. The first kappa shape index (κ1) is 9.73. The molecule has 0 atom stereocenters. The molecule has 72 valence electrons. The highest BCUT2D eigenvalue weighted by atomic mass is 16.5. The van der Waals surface area contributed by atoms with Crippen molar-refractivity contribution in [3.63, 3.8) is 0 Å². The van der Waals surface area contributed by atoms with Crippen LogP contribution in [0.2, 0.25) is 0 Å². The fourth-order valence-corrected chi connectivity index (χ4v) is 0.773. The minimum atomic E-state index is 0.302. The quantitative estimate of drug-likeness (QED) is 0.706. The number of ether oxygens (including phenoxy) is 2. The molecule has 5 nitrogen and oxygen atoms in total. The summed E-state index contributed by atoms with van der Waals surface area (Å²) in [4.78, 5) is 7.88. The van der Waals surface area contributed by atoms with Crippen molar-refractivity contribution in [3.8, 4) is 11.9 Å². The van der Waals surface area contributed by atoms with Gasteiger partial charge in [0.05, 0.1) is 6.61 Å². The van der Waals surface area contributed by atoms with Gasteiger partial charge >= 0.3 is 6.01 Å². The Kier molecular flexibility index (Phi) is 3.98. The first-order chi connectivity index (χ1) is 6.36. The molecular weight excluding hydrogens is 170 g/mol. The lowest BCUT2D eigenvalue weighted by Crippen LogP contribution is -2.12. The van der Waals surface area contributed by atoms with Gasteiger partial charge in [-0.15, -0.1) is 0 Å². The maximum atomic E-state index is 5.26. The molecule has 0 saturated carbocycles. The summed E-state index contributed by atoms with van der Waals surface area (Å²) in [6, 6.07) is 1.98. The summed E-state index contributed by atoms with van der Waals surface area (Å²) in [5.41, 5.74) is 5.26. The van der Waals surface area contributed by atoms with Crippen LogP contribution in [0.5, 0.6) is 11.9 Å². The van der Waals surface area contributed by atoms with Crippen LogP contribution >= 0.6 is 0 Å². The molecule has 0 aliphatic carbocycles. The van der Waals surface area contributed by atoms with Crippen molar-refractivity contribution >= 4 is 0 Å². The molecule has 2 N–H and O–H groups in total. The summed E-state index contributed by atoms with van der Waals surface area (Å²) >= 11 is 0. The minimum Gasteiger partial charge on any atom is -0.478 e. The molecule has 0 radical (unpaired) electrons. The second-order valence-electron chi connectivity index (χ2n) is 2.25. The van der Waals surface area contributed by atoms with E-state index in [0.717, 1.165) is 0 Å². The van der Waals surface area contributed by atoms with E-state index >= 15 is 0 Å². The molecule has 0 fully saturated rings. The van der Waals surface area contributed by atoms with Crippen LogP contribution in [-0.4, -0.2) is 29.7 Å². The van der Waals surface area contributed by atoms with Crippen molar-refractivity contribution in [2.75, 3.05) is 19.8 Å². The summed E-state index contributed by atoms with van der Waals surface area (Å²) in [7, 11) is 0. The fourth-order valence-electron chi connectivity index (χ4n) is 0.773. The standard InChI is InChI=1S/C8H13N3O2/c1-2-12-7-3-5-10-8(11-7)13-6-4-9/h3,5H,2,4,6,9H2,1H3. The SMILES string of the molecule is CCOc1ccnc(OCCN)n1. The van der Waals surface area contributed by atoms with E-state index in [2.05, 4.69) is 9.97 Å². The van der Waals surface area contributed by atoms with Gasteiger partial charge in [0.2, 0.25) is 5.88 Å². The average Bonchev–Trinajstić information content (AvgIpc) is 2.16. The predicted octanol–water partition coefficient (Wildman–Crippen LogP) is 0.213. The second kappa shape index (κ2) is 5.31. The van der Waals surface area contributed by atoms with E-state index in [1.165, 1.54) is 0 Å². The lowest BCUT2D eigenvalue weighted by molar-refractivity contribution is 0.283. The smallest absolute Gasteiger partial charge is 0.319 e. The molecule has 0 aliphatic rings. The Morgan fingerprint density at radius 1 is 1.46 bits per heavy atom. The van der Waals surface area contributed by atoms with Crippen LogP contribution < -0.4 is 15.2 Å². The van der Waals surface area contributed by atoms with Crippen LogP contribution in [0.25, 0.3) is 0 Å². The first-order valence-electron chi connectivity index (χ1n) is 4.15. The van der Waals surface area contributed by atoms with Crippen molar-refractivity contribution in [1.82, 2.24) is 9.97 Å². The first-order valence-corrected chi connectivity index (χ1v) is 4.15. The molecule has 0 bridgehead atoms. The molecule has 0 aliphatic heterocycles. The van der Waals surface area contributed by atoms with E-state index in [1.54, 1.807) is 12.3 Å². The summed E-state index contributed by atoms with van der Waals surface area (Å²) in [6.45, 7) is 3.33. The van der Waals surface area contributed by atoms with E-state index in [0.29, 0.717) is 31.6 Å². The Balaban J connectivity index is 2.56. The highest BCUT2D eigenvalue weighted by Gasteiger charge is 1.99. The summed E-state index contributed by atoms with van der Waals surface area (Å²) in [6.07, 6.45) is 1.59. The van der Waals surface area contributed by atoms with E-state index in [9.17, 15) is 0 Å². The van der Waals surface area contributed by atoms with Crippen LogP contribution in [-0.2, 0) is 0 Å². The van der Waals surface area contributed by atoms with Crippen LogP contribution in [0.1, 0.15) is 6.92 Å². The lowest BCUT2D eigenvalue weighted by atomic mass is 10.6. The summed E-state index contributed by atoms with van der Waals surface area (Å²) in [5.74, 6) is 0.518. The molecule has 0 unspecified atom stereocenters. The Labute approximate surface area is 76.9 Å². The zero-order chi connectivity index (χ0) is 9.52. The van der Waals surface area contributed by atoms with Gasteiger partial charge in [-0.2, -0.15) is 4.98 Å². The predicted molar refractivity (Wildman–Crippen MR) is 47.8 cm³/mol. The van der Waals surface area contributed by atoms with Crippen LogP contribution in [0.4, 0.5) is 0 Å². The average molecular weight is 183 g/mol. The van der Waals surface area contributed by atoms with Gasteiger partial charge in [-0.25, -0.2) is 4.98 Å². The molecule has 0 aromatic carbocycles. The van der Waals surface area contributed by atoms with Gasteiger partial charge in [0.1, 0.15) is 6.61 Å². The molecule has 0 saturated heterocycles. The Bertz CT molecular complexity index is 255. The molecule has 1 aromatic rings. The molecular formula is C8H13N3O2. The molecule has 5 heteroatoms. The normalized spacial score (nSPS) is 9.69. The van der Waals surface area contributed by atoms with E-state index in [1.807, 2.05) is 6.92 Å². The number of hydrogen-bond donors (Lipinski definition) is 1. The van der Waals surface area contributed by atoms with Gasteiger partial charge in [0, 0.05) is 18.8 Å². The molecule has 0 spiro atoms. The van der Waals surface area contributed by atoms with Crippen molar-refractivity contribution in [1.29, 1.82) is 0 Å². The molecule has 1 rings (SSSR count). The topological polar surface area (TPSA) is 70.3 Å². The van der Waals surface area contributed by atoms with Gasteiger partial charge < -0.3 is 15.2 Å². The van der Waals surface area contributed by atoms with Gasteiger partial charge in [-0.3, -0.25) is 0 Å². The number of hydrogen-bond acceptors (Lipinski definition) is 5. The Morgan fingerprint density at radius 2 is 2.31 bits per heavy atom. The number of rotatable bonds is 5. The largest absolute Gasteiger partial charge is 0.478 e. The van der Waals surface area contributed by atoms with Crippen molar-refractivity contribution < 1.29 is 9.47 Å². The van der Waals surface area contributed by atoms with Gasteiger partial charge in [-0.05, 0) is 6.92 Å². The summed E-state index contributed by atoms with van der Waals surface area (Å²) < 4.78 is 10.3. The third kappa shape index (κ3) is 3.25. The highest BCUT2D eigenvalue weighted by molar-refractivity contribution is 5.10. The van der Waals surface area contributed by atoms with Crippen molar-refractivity contribution in [2.45, 2.75) is 6.92 Å². The molecule has 13 heavy (non-hydrogen) atoms. The van der Waals surface area contributed by atoms with Crippen molar-refractivity contribution in [3.05, 3.63) is 12.3 Å². The second-order valence-corrected chi connectivity index (χ2v) is 2.25. The van der Waals surface area contributed by atoms with Crippen LogP contribution in [0, 0.1) is 0 Å². The molecule has 1 aromatic heterocycles. The van der Waals surface area contributed by atoms with E-state index < -0.39 is 0 Å². The van der Waals surface area contributed by atoms with Gasteiger partial charge in [0.15, 0.2) is 0 Å². The third-order valence-corrected chi connectivity index (χ3v) is 1.25. The number of nitrogens with zero attached hydrogens (tertiary/aromatic N) is 2. The van der Waals surface area contributed by atoms with Gasteiger partial charge in [0.25, 0.3) is 0 Å². The number of nitrogens with two attached hydrogens (primary N) is 1. The monoisotopic (exact) mass is 183 g/mol. The van der Waals surface area contributed by atoms with Crippen LogP contribution in [0.15, 0.2) is 12.3 Å². The third-order valence-electron chi connectivity index (χ3n) is 1.25. The maximum absolute atomic E-state index is 5.26. The molecule has 1 heterocycles. The highest BCUT2D eigenvalue weighted by Crippen LogP contribution is 2.09. The van der Waals surface area contributed by atoms with Crippen LogP contribution in [0.3, 0.4) is 0 Å². The van der Waals surface area contributed by atoms with E-state index in [-0.39, 0.29) is 0 Å². The lowest BCUT2D eigenvalue weighted by Gasteiger charge is -2.04.